The van der Waals surface area contributed by atoms with Crippen LogP contribution >= 0.6 is 7.82 Å². The van der Waals surface area contributed by atoms with Gasteiger partial charge in [0.05, 0.1) is 13.1 Å². The molecule has 0 saturated heterocycles. The van der Waals surface area contributed by atoms with Gasteiger partial charge in [0.15, 0.2) is 6.79 Å². The second kappa shape index (κ2) is 8.20. The van der Waals surface area contributed by atoms with Crippen molar-refractivity contribution in [2.45, 2.75) is 18.7 Å². The highest BCUT2D eigenvalue weighted by atomic mass is 31.2. The first kappa shape index (κ1) is 20.2. The molecular formula is C14H15F2N6O5P. The average Bonchev–Trinajstić information content (AvgIpc) is 3.27. The molecule has 3 rings (SSSR count). The van der Waals surface area contributed by atoms with Gasteiger partial charge in [0, 0.05) is 11.6 Å². The number of hydrogen-bond donors (Lipinski definition) is 2. The van der Waals surface area contributed by atoms with Gasteiger partial charge in [-0.1, -0.05) is 6.07 Å². The second-order valence-corrected chi connectivity index (χ2v) is 6.93. The third-order valence-electron chi connectivity index (χ3n) is 3.75. The van der Waals surface area contributed by atoms with Gasteiger partial charge in [0.25, 0.3) is 0 Å². The Kier molecular flexibility index (Phi) is 5.91. The summed E-state index contributed by atoms with van der Waals surface area (Å²) in [6.45, 7) is -1.19. The monoisotopic (exact) mass is 416 g/mol. The van der Waals surface area contributed by atoms with E-state index in [0.717, 1.165) is 12.1 Å². The van der Waals surface area contributed by atoms with Gasteiger partial charge >= 0.3 is 7.82 Å². The number of rotatable bonds is 9. The molecule has 0 bridgehead atoms. The van der Waals surface area contributed by atoms with Gasteiger partial charge in [0.1, 0.15) is 42.5 Å². The van der Waals surface area contributed by atoms with E-state index in [-0.39, 0.29) is 18.7 Å². The molecule has 28 heavy (non-hydrogen) atoms. The van der Waals surface area contributed by atoms with Crippen LogP contribution in [0.3, 0.4) is 0 Å². The molecule has 3 aromatic rings. The topological polar surface area (TPSA) is 137 Å². The second-order valence-electron chi connectivity index (χ2n) is 5.69. The fourth-order valence-electron chi connectivity index (χ4n) is 2.61. The third-order valence-corrected chi connectivity index (χ3v) is 4.19. The SMILES string of the molecule is O=P(O)(O)OCOC(Cn1cncn1)(Cn1cncn1)c1ccc(F)cc1F. The van der Waals surface area contributed by atoms with Crippen LogP contribution in [0.25, 0.3) is 0 Å². The predicted molar refractivity (Wildman–Crippen MR) is 87.2 cm³/mol. The molecule has 0 aliphatic rings. The standard InChI is InChI=1S/C14H15F2N6O5P/c15-11-1-2-12(13(16)3-11)14(4-21-8-17-6-19-21,5-22-9-18-7-20-22)26-10-27-28(23,24)25/h1-3,6-9H,4-5,10H2,(H2,23,24,25). The lowest BCUT2D eigenvalue weighted by Crippen LogP contribution is -2.41. The number of benzene rings is 1. The van der Waals surface area contributed by atoms with E-state index in [1.165, 1.54) is 34.7 Å². The molecule has 11 nitrogen and oxygen atoms in total. The van der Waals surface area contributed by atoms with Crippen molar-refractivity contribution in [2.24, 2.45) is 0 Å². The van der Waals surface area contributed by atoms with Crippen molar-refractivity contribution in [3.05, 3.63) is 60.7 Å². The highest BCUT2D eigenvalue weighted by Gasteiger charge is 2.39. The van der Waals surface area contributed by atoms with Crippen LogP contribution in [0.5, 0.6) is 0 Å². The van der Waals surface area contributed by atoms with Crippen LogP contribution in [-0.2, 0) is 32.5 Å². The molecule has 1 aromatic carbocycles. The number of phosphoric ester groups is 1. The van der Waals surface area contributed by atoms with Crippen LogP contribution in [0.4, 0.5) is 8.78 Å². The fourth-order valence-corrected chi connectivity index (χ4v) is 2.80. The van der Waals surface area contributed by atoms with Crippen LogP contribution in [-0.4, -0.2) is 46.1 Å². The Bertz CT molecular complexity index is 913. The highest BCUT2D eigenvalue weighted by Crippen LogP contribution is 2.38. The lowest BCUT2D eigenvalue weighted by Gasteiger charge is -2.34. The summed E-state index contributed by atoms with van der Waals surface area (Å²) < 4.78 is 51.7. The van der Waals surface area contributed by atoms with E-state index in [1.807, 2.05) is 0 Å². The summed E-state index contributed by atoms with van der Waals surface area (Å²) in [5.74, 6) is -1.74. The van der Waals surface area contributed by atoms with Crippen molar-refractivity contribution in [3.8, 4) is 0 Å². The third kappa shape index (κ3) is 5.03. The maximum Gasteiger partial charge on any atom is 0.471 e. The molecule has 2 heterocycles. The number of hydrogen-bond acceptors (Lipinski definition) is 7. The number of nitrogens with zero attached hydrogens (tertiary/aromatic N) is 6. The van der Waals surface area contributed by atoms with Crippen LogP contribution in [0.1, 0.15) is 5.56 Å². The summed E-state index contributed by atoms with van der Waals surface area (Å²) >= 11 is 0. The Balaban J connectivity index is 2.04. The largest absolute Gasteiger partial charge is 0.471 e. The molecule has 0 aliphatic heterocycles. The molecule has 0 amide bonds. The molecule has 0 spiro atoms. The van der Waals surface area contributed by atoms with Crippen molar-refractivity contribution in [3.63, 3.8) is 0 Å². The molecule has 0 atom stereocenters. The molecule has 14 heteroatoms. The highest BCUT2D eigenvalue weighted by molar-refractivity contribution is 7.46. The molecule has 2 aromatic heterocycles. The molecule has 2 N–H and O–H groups in total. The molecule has 150 valence electrons. The van der Waals surface area contributed by atoms with Gasteiger partial charge in [0.2, 0.25) is 0 Å². The van der Waals surface area contributed by atoms with Crippen molar-refractivity contribution in [1.29, 1.82) is 0 Å². The zero-order valence-electron chi connectivity index (χ0n) is 14.2. The Labute approximate surface area is 156 Å². The maximum atomic E-state index is 14.7. The first-order valence-corrected chi connectivity index (χ1v) is 9.25. The lowest BCUT2D eigenvalue weighted by atomic mass is 9.92. The van der Waals surface area contributed by atoms with Crippen LogP contribution in [0.15, 0.2) is 43.5 Å². The molecule has 0 radical (unpaired) electrons. The minimum Gasteiger partial charge on any atom is -0.340 e. The fraction of sp³-hybridized carbons (Fsp3) is 0.286. The average molecular weight is 416 g/mol. The maximum absolute atomic E-state index is 14.7. The van der Waals surface area contributed by atoms with Gasteiger partial charge in [-0.05, 0) is 6.07 Å². The van der Waals surface area contributed by atoms with Gasteiger partial charge in [-0.25, -0.2) is 32.7 Å². The van der Waals surface area contributed by atoms with Gasteiger partial charge in [-0.3, -0.25) is 4.52 Å². The Morgan fingerprint density at radius 1 is 1.07 bits per heavy atom. The first-order valence-electron chi connectivity index (χ1n) is 7.72. The van der Waals surface area contributed by atoms with Gasteiger partial charge in [-0.2, -0.15) is 10.2 Å². The Morgan fingerprint density at radius 2 is 1.68 bits per heavy atom. The molecule has 0 unspecified atom stereocenters. The van der Waals surface area contributed by atoms with Crippen molar-refractivity contribution >= 4 is 7.82 Å². The summed E-state index contributed by atoms with van der Waals surface area (Å²) in [4.78, 5) is 25.4. The Hall–Kier alpha value is -2.57. The number of halogens is 2. The first-order chi connectivity index (χ1) is 13.3. The summed E-state index contributed by atoms with van der Waals surface area (Å²) in [5.41, 5.74) is -1.75. The summed E-state index contributed by atoms with van der Waals surface area (Å²) in [5, 5.41) is 7.90. The quantitative estimate of drug-likeness (QED) is 0.384. The van der Waals surface area contributed by atoms with Crippen LogP contribution in [0.2, 0.25) is 0 Å². The van der Waals surface area contributed by atoms with E-state index < -0.39 is 31.9 Å². The molecular weight excluding hydrogens is 401 g/mol. The summed E-state index contributed by atoms with van der Waals surface area (Å²) in [6, 6.07) is 2.86. The lowest BCUT2D eigenvalue weighted by molar-refractivity contribution is -0.138. The predicted octanol–water partition coefficient (Wildman–Crippen LogP) is 0.827. The van der Waals surface area contributed by atoms with Crippen LogP contribution in [0, 0.1) is 11.6 Å². The van der Waals surface area contributed by atoms with Crippen LogP contribution < -0.4 is 0 Å². The van der Waals surface area contributed by atoms with Crippen molar-refractivity contribution in [2.75, 3.05) is 6.79 Å². The minimum atomic E-state index is -4.85. The van der Waals surface area contributed by atoms with E-state index in [0.29, 0.717) is 6.07 Å². The van der Waals surface area contributed by atoms with Gasteiger partial charge in [-0.15, -0.1) is 0 Å². The van der Waals surface area contributed by atoms with E-state index in [4.69, 9.17) is 14.5 Å². The minimum absolute atomic E-state index is 0.103. The summed E-state index contributed by atoms with van der Waals surface area (Å²) in [6.07, 6.45) is 5.16. The smallest absolute Gasteiger partial charge is 0.340 e. The summed E-state index contributed by atoms with van der Waals surface area (Å²) in [7, 11) is -4.85. The normalized spacial score (nSPS) is 12.4. The Morgan fingerprint density at radius 3 is 2.14 bits per heavy atom. The van der Waals surface area contributed by atoms with E-state index in [9.17, 15) is 13.3 Å². The van der Waals surface area contributed by atoms with E-state index in [2.05, 4.69) is 24.7 Å². The van der Waals surface area contributed by atoms with Crippen molar-refractivity contribution < 1.29 is 32.4 Å². The number of aromatic nitrogens is 6. The zero-order chi connectivity index (χ0) is 20.2. The van der Waals surface area contributed by atoms with Gasteiger partial charge < -0.3 is 14.5 Å². The number of ether oxygens (including phenoxy) is 1. The molecule has 0 aliphatic carbocycles. The number of phosphoric acid groups is 1. The zero-order valence-corrected chi connectivity index (χ0v) is 15.1. The van der Waals surface area contributed by atoms with E-state index >= 15 is 0 Å². The molecule has 0 fully saturated rings. The molecule has 0 saturated carbocycles. The van der Waals surface area contributed by atoms with Crippen molar-refractivity contribution in [1.82, 2.24) is 29.5 Å². The van der Waals surface area contributed by atoms with E-state index in [1.54, 1.807) is 0 Å².